The molecule has 7 heteroatoms. The molecule has 132 valence electrons. The highest BCUT2D eigenvalue weighted by Gasteiger charge is 2.29. The summed E-state index contributed by atoms with van der Waals surface area (Å²) in [5, 5.41) is 8.81. The molecule has 1 atom stereocenters. The van der Waals surface area contributed by atoms with Gasteiger partial charge in [0.2, 0.25) is 5.91 Å². The molecule has 0 saturated carbocycles. The molecule has 3 aliphatic rings. The Morgan fingerprint density at radius 3 is 3.04 bits per heavy atom. The highest BCUT2D eigenvalue weighted by Crippen LogP contribution is 2.29. The number of hydrogen-bond donors (Lipinski definition) is 0. The zero-order chi connectivity index (χ0) is 16.8. The van der Waals surface area contributed by atoms with Gasteiger partial charge in [0.25, 0.3) is 0 Å². The summed E-state index contributed by atoms with van der Waals surface area (Å²) in [4.78, 5) is 16.2. The Balaban J connectivity index is 1.25. The second-order valence-electron chi connectivity index (χ2n) is 7.39. The smallest absolute Gasteiger partial charge is 0.227 e. The molecule has 2 saturated heterocycles. The lowest BCUT2D eigenvalue weighted by Crippen LogP contribution is -2.23. The minimum Gasteiger partial charge on any atom is -0.361 e. The van der Waals surface area contributed by atoms with E-state index in [0.717, 1.165) is 69.0 Å². The summed E-state index contributed by atoms with van der Waals surface area (Å²) in [5.74, 6) is 1.31. The molecular weight excluding hydrogens is 318 g/mol. The fourth-order valence-electron chi connectivity index (χ4n) is 4.38. The summed E-state index contributed by atoms with van der Waals surface area (Å²) < 4.78 is 7.50. The van der Waals surface area contributed by atoms with Gasteiger partial charge in [0.1, 0.15) is 11.5 Å². The molecule has 1 amide bonds. The fourth-order valence-corrected chi connectivity index (χ4v) is 4.38. The number of anilines is 1. The molecule has 2 aromatic rings. The first-order chi connectivity index (χ1) is 12.3. The van der Waals surface area contributed by atoms with Gasteiger partial charge in [0.05, 0.1) is 17.9 Å². The number of amides is 1. The van der Waals surface area contributed by atoms with Gasteiger partial charge in [-0.1, -0.05) is 5.16 Å². The average Bonchev–Trinajstić information content (AvgIpc) is 3.38. The predicted octanol–water partition coefficient (Wildman–Crippen LogP) is 1.93. The van der Waals surface area contributed by atoms with Gasteiger partial charge in [-0.3, -0.25) is 14.4 Å². The summed E-state index contributed by atoms with van der Waals surface area (Å²) in [6, 6.07) is 0.367. The Labute approximate surface area is 146 Å². The Morgan fingerprint density at radius 2 is 2.16 bits per heavy atom. The van der Waals surface area contributed by atoms with Crippen LogP contribution in [0.2, 0.25) is 0 Å². The lowest BCUT2D eigenvalue weighted by atomic mass is 10.2. The number of aryl methyl sites for hydroxylation is 1. The van der Waals surface area contributed by atoms with Crippen molar-refractivity contribution in [2.45, 2.75) is 51.1 Å². The Morgan fingerprint density at radius 1 is 1.20 bits per heavy atom. The maximum atomic E-state index is 11.9. The molecule has 25 heavy (non-hydrogen) atoms. The standard InChI is InChI=1S/C18H23N5O2/c24-18-5-2-7-22(18)14-9-19-23(11-14)13-6-8-21(10-13)12-16-15-3-1-4-17(15)25-20-16/h9,11,13H,1-8,10,12H2. The Bertz CT molecular complexity index is 795. The summed E-state index contributed by atoms with van der Waals surface area (Å²) in [6.45, 7) is 3.70. The zero-order valence-corrected chi connectivity index (χ0v) is 14.4. The van der Waals surface area contributed by atoms with Crippen molar-refractivity contribution >= 4 is 11.6 Å². The summed E-state index contributed by atoms with van der Waals surface area (Å²) in [6.07, 6.45) is 9.88. The minimum atomic E-state index is 0.215. The first kappa shape index (κ1) is 15.1. The average molecular weight is 341 g/mol. The van der Waals surface area contributed by atoms with Gasteiger partial charge < -0.3 is 9.42 Å². The number of likely N-dealkylation sites (tertiary alicyclic amines) is 1. The Kier molecular flexibility index (Phi) is 3.62. The molecule has 2 fully saturated rings. The lowest BCUT2D eigenvalue weighted by molar-refractivity contribution is -0.117. The monoisotopic (exact) mass is 341 g/mol. The van der Waals surface area contributed by atoms with Crippen molar-refractivity contribution in [1.29, 1.82) is 0 Å². The van der Waals surface area contributed by atoms with E-state index in [-0.39, 0.29) is 5.91 Å². The highest BCUT2D eigenvalue weighted by atomic mass is 16.5. The van der Waals surface area contributed by atoms with Crippen LogP contribution < -0.4 is 4.90 Å². The molecular formula is C18H23N5O2. The number of rotatable bonds is 4. The molecule has 0 bridgehead atoms. The summed E-state index contributed by atoms with van der Waals surface area (Å²) in [7, 11) is 0. The molecule has 5 rings (SSSR count). The van der Waals surface area contributed by atoms with Gasteiger partial charge in [-0.05, 0) is 25.7 Å². The third kappa shape index (κ3) is 2.66. The molecule has 2 aliphatic heterocycles. The second-order valence-corrected chi connectivity index (χ2v) is 7.39. The van der Waals surface area contributed by atoms with E-state index in [0.29, 0.717) is 12.5 Å². The molecule has 7 nitrogen and oxygen atoms in total. The van der Waals surface area contributed by atoms with Crippen molar-refractivity contribution in [2.75, 3.05) is 24.5 Å². The Hall–Kier alpha value is -2.15. The highest BCUT2D eigenvalue weighted by molar-refractivity contribution is 5.95. The van der Waals surface area contributed by atoms with E-state index < -0.39 is 0 Å². The van der Waals surface area contributed by atoms with Crippen LogP contribution in [0, 0.1) is 0 Å². The van der Waals surface area contributed by atoms with E-state index in [1.165, 1.54) is 12.0 Å². The van der Waals surface area contributed by atoms with Crippen LogP contribution in [0.5, 0.6) is 0 Å². The minimum absolute atomic E-state index is 0.215. The van der Waals surface area contributed by atoms with Gasteiger partial charge in [0, 0.05) is 50.8 Å². The lowest BCUT2D eigenvalue weighted by Gasteiger charge is -2.15. The van der Waals surface area contributed by atoms with E-state index in [1.807, 2.05) is 22.0 Å². The van der Waals surface area contributed by atoms with E-state index in [9.17, 15) is 4.79 Å². The van der Waals surface area contributed by atoms with Crippen LogP contribution in [-0.4, -0.2) is 45.4 Å². The van der Waals surface area contributed by atoms with Gasteiger partial charge in [0.15, 0.2) is 0 Å². The number of carbonyl (C=O) groups is 1. The third-order valence-corrected chi connectivity index (χ3v) is 5.75. The van der Waals surface area contributed by atoms with Gasteiger partial charge in [-0.15, -0.1) is 0 Å². The molecule has 0 N–H and O–H groups in total. The SMILES string of the molecule is O=C1CCCN1c1cnn(C2CCN(Cc3noc4c3CCC4)C2)c1. The zero-order valence-electron chi connectivity index (χ0n) is 14.4. The molecule has 1 unspecified atom stereocenters. The van der Waals surface area contributed by atoms with Crippen molar-refractivity contribution in [3.05, 3.63) is 29.4 Å². The number of nitrogens with zero attached hydrogens (tertiary/aromatic N) is 5. The summed E-state index contributed by atoms with van der Waals surface area (Å²) in [5.41, 5.74) is 3.41. The van der Waals surface area contributed by atoms with E-state index in [1.54, 1.807) is 0 Å². The molecule has 0 aromatic carbocycles. The normalized spacial score (nSPS) is 23.8. The topological polar surface area (TPSA) is 67.4 Å². The van der Waals surface area contributed by atoms with E-state index in [4.69, 9.17) is 4.52 Å². The van der Waals surface area contributed by atoms with Crippen LogP contribution >= 0.6 is 0 Å². The summed E-state index contributed by atoms with van der Waals surface area (Å²) >= 11 is 0. The molecule has 2 aromatic heterocycles. The molecule has 1 aliphatic carbocycles. The first-order valence-electron chi connectivity index (χ1n) is 9.31. The molecule has 0 spiro atoms. The first-order valence-corrected chi connectivity index (χ1v) is 9.31. The van der Waals surface area contributed by atoms with Crippen LogP contribution in [-0.2, 0) is 24.2 Å². The third-order valence-electron chi connectivity index (χ3n) is 5.75. The second kappa shape index (κ2) is 5.98. The van der Waals surface area contributed by atoms with E-state index >= 15 is 0 Å². The van der Waals surface area contributed by atoms with Crippen molar-refractivity contribution < 1.29 is 9.32 Å². The fraction of sp³-hybridized carbons (Fsp3) is 0.611. The molecule has 0 radical (unpaired) electrons. The largest absolute Gasteiger partial charge is 0.361 e. The van der Waals surface area contributed by atoms with Crippen molar-refractivity contribution in [3.8, 4) is 0 Å². The van der Waals surface area contributed by atoms with Crippen LogP contribution in [0.15, 0.2) is 16.9 Å². The van der Waals surface area contributed by atoms with Gasteiger partial charge in [-0.2, -0.15) is 5.10 Å². The number of carbonyl (C=O) groups excluding carboxylic acids is 1. The quantitative estimate of drug-likeness (QED) is 0.850. The molecule has 4 heterocycles. The maximum Gasteiger partial charge on any atom is 0.227 e. The van der Waals surface area contributed by atoms with Crippen LogP contribution in [0.4, 0.5) is 5.69 Å². The number of fused-ring (bicyclic) bond motifs is 1. The number of hydrogen-bond acceptors (Lipinski definition) is 5. The van der Waals surface area contributed by atoms with Crippen LogP contribution in [0.1, 0.15) is 48.7 Å². The number of aromatic nitrogens is 3. The van der Waals surface area contributed by atoms with Crippen molar-refractivity contribution in [3.63, 3.8) is 0 Å². The van der Waals surface area contributed by atoms with E-state index in [2.05, 4.69) is 15.2 Å². The van der Waals surface area contributed by atoms with Crippen molar-refractivity contribution in [1.82, 2.24) is 19.8 Å². The van der Waals surface area contributed by atoms with Crippen LogP contribution in [0.25, 0.3) is 0 Å². The van der Waals surface area contributed by atoms with Crippen molar-refractivity contribution in [2.24, 2.45) is 0 Å². The van der Waals surface area contributed by atoms with Gasteiger partial charge in [-0.25, -0.2) is 0 Å². The van der Waals surface area contributed by atoms with Gasteiger partial charge >= 0.3 is 0 Å². The maximum absolute atomic E-state index is 11.9. The van der Waals surface area contributed by atoms with Crippen LogP contribution in [0.3, 0.4) is 0 Å². The predicted molar refractivity (Wildman–Crippen MR) is 91.3 cm³/mol.